The zero-order valence-electron chi connectivity index (χ0n) is 15.4. The predicted octanol–water partition coefficient (Wildman–Crippen LogP) is 2.17. The third kappa shape index (κ3) is 1.82. The average Bonchev–Trinajstić information content (AvgIpc) is 3.35. The van der Waals surface area contributed by atoms with Crippen molar-refractivity contribution in [2.45, 2.75) is 18.0 Å². The van der Waals surface area contributed by atoms with Crippen LogP contribution in [0.5, 0.6) is 11.5 Å². The average molecular weight is 377 g/mol. The van der Waals surface area contributed by atoms with Crippen molar-refractivity contribution >= 4 is 17.6 Å². The van der Waals surface area contributed by atoms with E-state index in [1.165, 1.54) is 4.90 Å². The summed E-state index contributed by atoms with van der Waals surface area (Å²) in [6.45, 7) is 1.84. The summed E-state index contributed by atoms with van der Waals surface area (Å²) in [5.41, 5.74) is 1.85. The standard InChI is InChI=1S/C21H19N3O4/c1-22-10-16-15-8-18-17(27-12-28-18)7-13(15)9-23-20(26)24(14-5-3-2-4-6-14)19(25)21(16,23)11-22/h2-8,16H,9-12H2,1H3/t16-,21-/m0/s1. The lowest BCUT2D eigenvalue weighted by molar-refractivity contribution is -0.125. The molecule has 0 bridgehead atoms. The molecule has 0 radical (unpaired) electrons. The van der Waals surface area contributed by atoms with Gasteiger partial charge in [0.25, 0.3) is 5.91 Å². The molecule has 2 saturated heterocycles. The van der Waals surface area contributed by atoms with Crippen LogP contribution in [0.1, 0.15) is 17.0 Å². The first-order chi connectivity index (χ1) is 13.6. The van der Waals surface area contributed by atoms with Gasteiger partial charge in [-0.05, 0) is 42.4 Å². The third-order valence-electron chi connectivity index (χ3n) is 6.41. The van der Waals surface area contributed by atoms with Crippen molar-refractivity contribution in [3.05, 3.63) is 53.6 Å². The molecule has 0 aromatic heterocycles. The Morgan fingerprint density at radius 3 is 2.61 bits per heavy atom. The van der Waals surface area contributed by atoms with Crippen LogP contribution in [0.2, 0.25) is 0 Å². The van der Waals surface area contributed by atoms with E-state index in [1.807, 2.05) is 49.5 Å². The van der Waals surface area contributed by atoms with Crippen molar-refractivity contribution in [1.82, 2.24) is 9.80 Å². The number of nitrogens with zero attached hydrogens (tertiary/aromatic N) is 3. The molecule has 7 nitrogen and oxygen atoms in total. The van der Waals surface area contributed by atoms with E-state index in [0.717, 1.165) is 11.1 Å². The highest BCUT2D eigenvalue weighted by Crippen LogP contribution is 2.52. The SMILES string of the molecule is CN1C[C@H]2c3cc4c(cc3CN3C(=O)N(c5ccccc5)C(=O)[C@]23C1)OCO4. The highest BCUT2D eigenvalue weighted by Gasteiger charge is 2.66. The third-order valence-corrected chi connectivity index (χ3v) is 6.41. The lowest BCUT2D eigenvalue weighted by Gasteiger charge is -2.41. The minimum atomic E-state index is -0.873. The van der Waals surface area contributed by atoms with Gasteiger partial charge in [0.15, 0.2) is 11.5 Å². The largest absolute Gasteiger partial charge is 0.454 e. The normalized spacial score (nSPS) is 27.8. The lowest BCUT2D eigenvalue weighted by atomic mass is 9.75. The Morgan fingerprint density at radius 1 is 1.07 bits per heavy atom. The molecular weight excluding hydrogens is 358 g/mol. The van der Waals surface area contributed by atoms with Gasteiger partial charge in [0, 0.05) is 25.6 Å². The van der Waals surface area contributed by atoms with Crippen LogP contribution in [0.15, 0.2) is 42.5 Å². The van der Waals surface area contributed by atoms with Gasteiger partial charge >= 0.3 is 6.03 Å². The Kier molecular flexibility index (Phi) is 3.00. The van der Waals surface area contributed by atoms with Crippen LogP contribution in [0.25, 0.3) is 0 Å². The lowest BCUT2D eigenvalue weighted by Crippen LogP contribution is -2.56. The molecular formula is C21H19N3O4. The summed E-state index contributed by atoms with van der Waals surface area (Å²) in [5, 5.41) is 0. The first-order valence-electron chi connectivity index (χ1n) is 9.42. The topological polar surface area (TPSA) is 62.3 Å². The Hall–Kier alpha value is -3.06. The van der Waals surface area contributed by atoms with Crippen LogP contribution >= 0.6 is 0 Å². The molecule has 4 aliphatic heterocycles. The first-order valence-corrected chi connectivity index (χ1v) is 9.42. The van der Waals surface area contributed by atoms with E-state index >= 15 is 0 Å². The van der Waals surface area contributed by atoms with Gasteiger partial charge in [0.1, 0.15) is 5.54 Å². The summed E-state index contributed by atoms with van der Waals surface area (Å²) >= 11 is 0. The van der Waals surface area contributed by atoms with E-state index in [9.17, 15) is 9.59 Å². The number of anilines is 1. The molecule has 0 unspecified atom stereocenters. The van der Waals surface area contributed by atoms with Gasteiger partial charge in [0.05, 0.1) is 5.69 Å². The van der Waals surface area contributed by atoms with E-state index in [1.54, 1.807) is 4.90 Å². The zero-order valence-corrected chi connectivity index (χ0v) is 15.4. The summed E-state index contributed by atoms with van der Waals surface area (Å²) in [7, 11) is 2.00. The summed E-state index contributed by atoms with van der Waals surface area (Å²) < 4.78 is 11.1. The van der Waals surface area contributed by atoms with Crippen molar-refractivity contribution in [2.75, 3.05) is 31.8 Å². The minimum absolute atomic E-state index is 0.0964. The number of rotatable bonds is 1. The molecule has 142 valence electrons. The minimum Gasteiger partial charge on any atom is -0.454 e. The number of carbonyl (C=O) groups excluding carboxylic acids is 2. The van der Waals surface area contributed by atoms with Crippen LogP contribution < -0.4 is 14.4 Å². The fourth-order valence-electron chi connectivity index (χ4n) is 5.23. The van der Waals surface area contributed by atoms with Gasteiger partial charge in [0.2, 0.25) is 6.79 Å². The summed E-state index contributed by atoms with van der Waals surface area (Å²) in [6, 6.07) is 12.9. The second-order valence-electron chi connectivity index (χ2n) is 7.92. The van der Waals surface area contributed by atoms with Gasteiger partial charge in [-0.15, -0.1) is 0 Å². The fourth-order valence-corrected chi connectivity index (χ4v) is 5.23. The number of hydrogen-bond acceptors (Lipinski definition) is 5. The van der Waals surface area contributed by atoms with Gasteiger partial charge in [-0.25, -0.2) is 9.69 Å². The monoisotopic (exact) mass is 377 g/mol. The number of fused-ring (bicyclic) bond motifs is 3. The van der Waals surface area contributed by atoms with Gasteiger partial charge in [-0.3, -0.25) is 4.79 Å². The van der Waals surface area contributed by atoms with Crippen molar-refractivity contribution < 1.29 is 19.1 Å². The number of para-hydroxylation sites is 1. The van der Waals surface area contributed by atoms with Crippen LogP contribution in [0.3, 0.4) is 0 Å². The highest BCUT2D eigenvalue weighted by molar-refractivity contribution is 6.24. The maximum absolute atomic E-state index is 13.7. The first kappa shape index (κ1) is 15.9. The molecule has 2 aromatic carbocycles. The number of ether oxygens (including phenoxy) is 2. The number of urea groups is 1. The molecule has 28 heavy (non-hydrogen) atoms. The van der Waals surface area contributed by atoms with Crippen molar-refractivity contribution in [1.29, 1.82) is 0 Å². The molecule has 2 fully saturated rings. The zero-order chi connectivity index (χ0) is 19.0. The van der Waals surface area contributed by atoms with E-state index in [4.69, 9.17) is 9.47 Å². The van der Waals surface area contributed by atoms with Crippen molar-refractivity contribution in [3.63, 3.8) is 0 Å². The van der Waals surface area contributed by atoms with Gasteiger partial charge in [-0.2, -0.15) is 0 Å². The Labute approximate surface area is 162 Å². The smallest absolute Gasteiger partial charge is 0.332 e. The molecule has 1 spiro atoms. The van der Waals surface area contributed by atoms with E-state index < -0.39 is 5.54 Å². The number of hydrogen-bond donors (Lipinski definition) is 0. The highest BCUT2D eigenvalue weighted by atomic mass is 16.7. The van der Waals surface area contributed by atoms with Gasteiger partial charge in [-0.1, -0.05) is 18.2 Å². The molecule has 7 heteroatoms. The number of carbonyl (C=O) groups is 2. The molecule has 3 amide bonds. The molecule has 0 saturated carbocycles. The van der Waals surface area contributed by atoms with Crippen molar-refractivity contribution in [3.8, 4) is 11.5 Å². The second kappa shape index (κ2) is 5.26. The number of amides is 3. The molecule has 4 heterocycles. The predicted molar refractivity (Wildman–Crippen MR) is 100 cm³/mol. The summed E-state index contributed by atoms with van der Waals surface area (Å²) in [6.07, 6.45) is 0. The van der Waals surface area contributed by atoms with Crippen LogP contribution in [-0.4, -0.2) is 54.2 Å². The quantitative estimate of drug-likeness (QED) is 0.713. The van der Waals surface area contributed by atoms with E-state index in [2.05, 4.69) is 4.90 Å². The Balaban J connectivity index is 1.53. The van der Waals surface area contributed by atoms with E-state index in [-0.39, 0.29) is 24.6 Å². The number of imide groups is 1. The molecule has 2 aromatic rings. The maximum atomic E-state index is 13.7. The molecule has 4 aliphatic rings. The molecule has 0 N–H and O–H groups in total. The summed E-state index contributed by atoms with van der Waals surface area (Å²) in [4.78, 5) is 32.4. The fraction of sp³-hybridized carbons (Fsp3) is 0.333. The Morgan fingerprint density at radius 2 is 1.82 bits per heavy atom. The second-order valence-corrected chi connectivity index (χ2v) is 7.92. The number of benzene rings is 2. The number of likely N-dealkylation sites (tertiary alicyclic amines) is 1. The molecule has 6 rings (SSSR count). The maximum Gasteiger partial charge on any atom is 0.332 e. The molecule has 2 atom stereocenters. The van der Waals surface area contributed by atoms with Gasteiger partial charge < -0.3 is 19.3 Å². The van der Waals surface area contributed by atoms with Crippen LogP contribution in [0.4, 0.5) is 10.5 Å². The Bertz CT molecular complexity index is 1020. The summed E-state index contributed by atoms with van der Waals surface area (Å²) in [5.74, 6) is 1.19. The number of likely N-dealkylation sites (N-methyl/N-ethyl adjacent to an activating group) is 1. The van der Waals surface area contributed by atoms with Crippen molar-refractivity contribution in [2.24, 2.45) is 0 Å². The molecule has 0 aliphatic carbocycles. The van der Waals surface area contributed by atoms with Crippen LogP contribution in [0, 0.1) is 0 Å². The van der Waals surface area contributed by atoms with Crippen LogP contribution in [-0.2, 0) is 11.3 Å². The van der Waals surface area contributed by atoms with E-state index in [0.29, 0.717) is 36.8 Å².